The summed E-state index contributed by atoms with van der Waals surface area (Å²) >= 11 is 0. The fraction of sp³-hybridized carbons (Fsp3) is 0.348. The number of aromatic carboxylic acids is 4. The van der Waals surface area contributed by atoms with Gasteiger partial charge in [-0.2, -0.15) is 0 Å². The normalized spacial score (nSPS) is 15.1. The van der Waals surface area contributed by atoms with E-state index < -0.39 is 23.9 Å². The van der Waals surface area contributed by atoms with Crippen LogP contribution in [0.5, 0.6) is 0 Å². The lowest BCUT2D eigenvalue weighted by Crippen LogP contribution is -2.02. The third kappa shape index (κ3) is 15.0. The summed E-state index contributed by atoms with van der Waals surface area (Å²) in [6, 6.07) is 24.6. The molecule has 0 saturated carbocycles. The lowest BCUT2D eigenvalue weighted by molar-refractivity contribution is 0.0686. The maximum Gasteiger partial charge on any atom is 0.335 e. The van der Waals surface area contributed by atoms with Gasteiger partial charge in [0.25, 0.3) is 0 Å². The van der Waals surface area contributed by atoms with E-state index in [0.717, 1.165) is 52.9 Å². The molecule has 4 aliphatic rings. The van der Waals surface area contributed by atoms with Crippen LogP contribution in [0.15, 0.2) is 97.1 Å². The fourth-order valence-electron chi connectivity index (χ4n) is 6.07. The monoisotopic (exact) mass is 796 g/mol. The van der Waals surface area contributed by atoms with E-state index in [0.29, 0.717) is 33.4 Å². The van der Waals surface area contributed by atoms with Gasteiger partial charge in [-0.1, -0.05) is 48.5 Å². The van der Waals surface area contributed by atoms with Crippen LogP contribution in [0.25, 0.3) is 11.1 Å². The van der Waals surface area contributed by atoms with E-state index in [2.05, 4.69) is 0 Å². The molecule has 4 heterocycles. The largest absolute Gasteiger partial charge is 0.478 e. The van der Waals surface area contributed by atoms with Gasteiger partial charge >= 0.3 is 23.9 Å². The minimum atomic E-state index is -1.10. The van der Waals surface area contributed by atoms with Crippen molar-refractivity contribution in [1.82, 2.24) is 0 Å². The van der Waals surface area contributed by atoms with Gasteiger partial charge in [-0.3, -0.25) is 0 Å². The molecule has 4 N–H and O–H groups in total. The van der Waals surface area contributed by atoms with Gasteiger partial charge in [-0.25, -0.2) is 19.2 Å². The first-order valence-corrected chi connectivity index (χ1v) is 19.6. The van der Waals surface area contributed by atoms with Gasteiger partial charge in [0, 0.05) is 52.9 Å². The summed E-state index contributed by atoms with van der Waals surface area (Å²) in [5.41, 5.74) is 3.95. The van der Waals surface area contributed by atoms with E-state index in [-0.39, 0.29) is 22.3 Å². The summed E-state index contributed by atoms with van der Waals surface area (Å²) in [5.74, 6) is -4.38. The van der Waals surface area contributed by atoms with Crippen molar-refractivity contribution in [2.45, 2.75) is 51.4 Å². The van der Waals surface area contributed by atoms with E-state index in [1.54, 1.807) is 48.5 Å². The molecular formula is C46H52O12. The highest BCUT2D eigenvalue weighted by atomic mass is 16.5. The molecule has 0 unspecified atom stereocenters. The molecule has 4 aromatic carbocycles. The number of carbonyl (C=O) groups is 4. The first-order chi connectivity index (χ1) is 28.2. The minimum absolute atomic E-state index is 0.0764. The molecule has 12 nitrogen and oxygen atoms in total. The molecular weight excluding hydrogens is 744 g/mol. The van der Waals surface area contributed by atoms with Crippen molar-refractivity contribution in [2.24, 2.45) is 0 Å². The van der Waals surface area contributed by atoms with Crippen molar-refractivity contribution < 1.29 is 58.6 Å². The SMILES string of the molecule is C1CCOC1.C1CCOC1.C1CCOC1.C1CCOC1.O=C(O)c1ccc(C(=C(c2ccc(C(=O)O)cc2)c2ccc(C(=O)O)cc2)c2ccc(C(=O)O)cc2)cc1. The Bertz CT molecular complexity index is 1590. The van der Waals surface area contributed by atoms with Crippen LogP contribution in [-0.4, -0.2) is 97.2 Å². The van der Waals surface area contributed by atoms with Crippen LogP contribution in [0.3, 0.4) is 0 Å². The zero-order chi connectivity index (χ0) is 41.5. The van der Waals surface area contributed by atoms with Gasteiger partial charge < -0.3 is 39.4 Å². The van der Waals surface area contributed by atoms with Gasteiger partial charge in [0.2, 0.25) is 0 Å². The summed E-state index contributed by atoms with van der Waals surface area (Å²) < 4.78 is 19.8. The third-order valence-corrected chi connectivity index (χ3v) is 9.24. The summed E-state index contributed by atoms with van der Waals surface area (Å²) in [6.07, 6.45) is 10.2. The number of hydrogen-bond acceptors (Lipinski definition) is 8. The number of ether oxygens (including phenoxy) is 4. The van der Waals surface area contributed by atoms with Crippen molar-refractivity contribution >= 4 is 35.0 Å². The van der Waals surface area contributed by atoms with Crippen molar-refractivity contribution in [1.29, 1.82) is 0 Å². The Hall–Kier alpha value is -5.66. The molecule has 308 valence electrons. The lowest BCUT2D eigenvalue weighted by Gasteiger charge is -2.19. The molecule has 58 heavy (non-hydrogen) atoms. The molecule has 4 saturated heterocycles. The number of rotatable bonds is 8. The van der Waals surface area contributed by atoms with E-state index in [1.165, 1.54) is 99.9 Å². The molecule has 0 radical (unpaired) electrons. The van der Waals surface area contributed by atoms with Crippen molar-refractivity contribution in [2.75, 3.05) is 52.9 Å². The lowest BCUT2D eigenvalue weighted by atomic mass is 9.85. The van der Waals surface area contributed by atoms with Crippen LogP contribution in [-0.2, 0) is 18.9 Å². The van der Waals surface area contributed by atoms with Crippen molar-refractivity contribution in [3.05, 3.63) is 142 Å². The van der Waals surface area contributed by atoms with Crippen LogP contribution in [0.4, 0.5) is 0 Å². The Labute approximate surface area is 338 Å². The maximum absolute atomic E-state index is 11.4. The Balaban J connectivity index is 0.000000296. The molecule has 0 atom stereocenters. The summed E-state index contributed by atoms with van der Waals surface area (Å²) in [5, 5.41) is 37.4. The van der Waals surface area contributed by atoms with E-state index in [1.807, 2.05) is 0 Å². The van der Waals surface area contributed by atoms with E-state index in [9.17, 15) is 39.6 Å². The standard InChI is InChI=1S/C30H20O8.4C4H8O/c31-27(32)21-9-1-17(2-10-21)25(18-3-11-22(12-4-18)28(33)34)26(19-5-13-23(14-6-19)29(35)36)20-7-15-24(16-8-20)30(37)38;4*1-2-4-5-3-1/h1-16H,(H,31,32)(H,33,34)(H,35,36)(H,37,38);4*1-4H2. The predicted octanol–water partition coefficient (Wildman–Crippen LogP) is 8.67. The second-order valence-corrected chi connectivity index (χ2v) is 13.6. The van der Waals surface area contributed by atoms with Gasteiger partial charge in [-0.05, 0) is 133 Å². The summed E-state index contributed by atoms with van der Waals surface area (Å²) in [6.45, 7) is 8.00. The highest BCUT2D eigenvalue weighted by Gasteiger charge is 2.19. The maximum atomic E-state index is 11.4. The van der Waals surface area contributed by atoms with Gasteiger partial charge in [0.1, 0.15) is 0 Å². The summed E-state index contributed by atoms with van der Waals surface area (Å²) in [4.78, 5) is 45.8. The Morgan fingerprint density at radius 1 is 0.276 bits per heavy atom. The molecule has 0 bridgehead atoms. The highest BCUT2D eigenvalue weighted by Crippen LogP contribution is 2.37. The first kappa shape index (κ1) is 45.0. The quantitative estimate of drug-likeness (QED) is 0.125. The molecule has 0 amide bonds. The molecule has 8 rings (SSSR count). The van der Waals surface area contributed by atoms with Crippen LogP contribution < -0.4 is 0 Å². The molecule has 0 spiro atoms. The zero-order valence-electron chi connectivity index (χ0n) is 32.6. The van der Waals surface area contributed by atoms with E-state index >= 15 is 0 Å². The summed E-state index contributed by atoms with van der Waals surface area (Å²) in [7, 11) is 0. The zero-order valence-corrected chi connectivity index (χ0v) is 32.6. The molecule has 4 fully saturated rings. The minimum Gasteiger partial charge on any atom is -0.478 e. The fourth-order valence-corrected chi connectivity index (χ4v) is 6.07. The predicted molar refractivity (Wildman–Crippen MR) is 219 cm³/mol. The first-order valence-electron chi connectivity index (χ1n) is 19.6. The molecule has 4 aliphatic heterocycles. The van der Waals surface area contributed by atoms with Gasteiger partial charge in [0.05, 0.1) is 22.3 Å². The topological polar surface area (TPSA) is 186 Å². The second kappa shape index (κ2) is 24.9. The van der Waals surface area contributed by atoms with Crippen LogP contribution in [0.2, 0.25) is 0 Å². The molecule has 4 aromatic rings. The number of hydrogen-bond donors (Lipinski definition) is 4. The Morgan fingerprint density at radius 3 is 0.517 bits per heavy atom. The van der Waals surface area contributed by atoms with E-state index in [4.69, 9.17) is 18.9 Å². The van der Waals surface area contributed by atoms with Crippen molar-refractivity contribution in [3.8, 4) is 0 Å². The van der Waals surface area contributed by atoms with Crippen LogP contribution in [0.1, 0.15) is 115 Å². The average Bonchev–Trinajstić information content (AvgIpc) is 4.11. The van der Waals surface area contributed by atoms with Gasteiger partial charge in [-0.15, -0.1) is 0 Å². The molecule has 12 heteroatoms. The molecule has 0 aliphatic carbocycles. The number of carboxylic acids is 4. The Morgan fingerprint density at radius 2 is 0.414 bits per heavy atom. The van der Waals surface area contributed by atoms with Crippen molar-refractivity contribution in [3.63, 3.8) is 0 Å². The smallest absolute Gasteiger partial charge is 0.335 e. The third-order valence-electron chi connectivity index (χ3n) is 9.24. The van der Waals surface area contributed by atoms with Crippen LogP contribution >= 0.6 is 0 Å². The molecule has 0 aromatic heterocycles. The number of carboxylic acid groups (broad SMARTS) is 4. The second-order valence-electron chi connectivity index (χ2n) is 13.6. The average molecular weight is 797 g/mol. The number of benzene rings is 4. The van der Waals surface area contributed by atoms with Gasteiger partial charge in [0.15, 0.2) is 0 Å². The Kier molecular flexibility index (Phi) is 19.3. The van der Waals surface area contributed by atoms with Crippen LogP contribution in [0, 0.1) is 0 Å². The highest BCUT2D eigenvalue weighted by molar-refractivity contribution is 6.05.